The van der Waals surface area contributed by atoms with E-state index >= 15 is 0 Å². The number of nitrogens with one attached hydrogen (secondary N) is 2. The molecule has 1 heterocycles. The summed E-state index contributed by atoms with van der Waals surface area (Å²) in [5.41, 5.74) is 2.20. The van der Waals surface area contributed by atoms with Crippen LogP contribution in [-0.4, -0.2) is 42.5 Å². The first-order valence-electron chi connectivity index (χ1n) is 10.8. The van der Waals surface area contributed by atoms with Crippen molar-refractivity contribution in [2.75, 3.05) is 19.6 Å². The molecule has 1 unspecified atom stereocenters. The molecule has 0 aliphatic carbocycles. The van der Waals surface area contributed by atoms with Crippen LogP contribution in [0.5, 0.6) is 5.75 Å². The molecule has 0 saturated carbocycles. The SMILES string of the molecule is CCNC(=NCc1cccc(CN2CCCC2=O)c1)NCC(C)Oc1ccccc1F. The summed E-state index contributed by atoms with van der Waals surface area (Å²) in [6.45, 7) is 7.10. The monoisotopic (exact) mass is 426 g/mol. The summed E-state index contributed by atoms with van der Waals surface area (Å²) < 4.78 is 19.4. The maximum atomic E-state index is 13.8. The number of amides is 1. The zero-order valence-electron chi connectivity index (χ0n) is 18.2. The number of benzene rings is 2. The van der Waals surface area contributed by atoms with Crippen molar-refractivity contribution in [2.24, 2.45) is 4.99 Å². The highest BCUT2D eigenvalue weighted by Crippen LogP contribution is 2.17. The molecule has 2 N–H and O–H groups in total. The smallest absolute Gasteiger partial charge is 0.222 e. The van der Waals surface area contributed by atoms with Crippen molar-refractivity contribution in [2.45, 2.75) is 45.9 Å². The van der Waals surface area contributed by atoms with Crippen molar-refractivity contribution in [3.8, 4) is 5.75 Å². The highest BCUT2D eigenvalue weighted by Gasteiger charge is 2.19. The minimum Gasteiger partial charge on any atom is -0.486 e. The minimum atomic E-state index is -0.370. The zero-order valence-corrected chi connectivity index (χ0v) is 18.2. The van der Waals surface area contributed by atoms with E-state index in [2.05, 4.69) is 21.7 Å². The second-order valence-corrected chi connectivity index (χ2v) is 7.67. The van der Waals surface area contributed by atoms with Crippen molar-refractivity contribution in [3.05, 3.63) is 65.5 Å². The quantitative estimate of drug-likeness (QED) is 0.476. The molecule has 1 aliphatic rings. The second-order valence-electron chi connectivity index (χ2n) is 7.67. The van der Waals surface area contributed by atoms with Gasteiger partial charge in [-0.25, -0.2) is 9.38 Å². The molecule has 0 aromatic heterocycles. The van der Waals surface area contributed by atoms with Gasteiger partial charge >= 0.3 is 0 Å². The van der Waals surface area contributed by atoms with Gasteiger partial charge in [0, 0.05) is 26.1 Å². The number of carbonyl (C=O) groups excluding carboxylic acids is 1. The molecule has 166 valence electrons. The van der Waals surface area contributed by atoms with Gasteiger partial charge in [-0.05, 0) is 43.5 Å². The zero-order chi connectivity index (χ0) is 22.1. The van der Waals surface area contributed by atoms with Gasteiger partial charge in [0.15, 0.2) is 17.5 Å². The summed E-state index contributed by atoms with van der Waals surface area (Å²) in [6.07, 6.45) is 1.36. The Hall–Kier alpha value is -3.09. The first kappa shape index (κ1) is 22.6. The molecule has 1 atom stereocenters. The predicted molar refractivity (Wildman–Crippen MR) is 120 cm³/mol. The van der Waals surface area contributed by atoms with Crippen LogP contribution in [0.3, 0.4) is 0 Å². The molecule has 7 heteroatoms. The first-order valence-corrected chi connectivity index (χ1v) is 10.8. The fourth-order valence-corrected chi connectivity index (χ4v) is 3.47. The lowest BCUT2D eigenvalue weighted by Crippen LogP contribution is -2.41. The number of rotatable bonds is 9. The van der Waals surface area contributed by atoms with E-state index < -0.39 is 0 Å². The Kier molecular flexibility index (Phi) is 8.27. The molecule has 0 spiro atoms. The Morgan fingerprint density at radius 3 is 2.74 bits per heavy atom. The Bertz CT molecular complexity index is 903. The molecule has 1 aliphatic heterocycles. The summed E-state index contributed by atoms with van der Waals surface area (Å²) in [4.78, 5) is 18.4. The van der Waals surface area contributed by atoms with Gasteiger partial charge in [-0.3, -0.25) is 4.79 Å². The maximum absolute atomic E-state index is 13.8. The minimum absolute atomic E-state index is 0.230. The van der Waals surface area contributed by atoms with Gasteiger partial charge in [-0.1, -0.05) is 36.4 Å². The van der Waals surface area contributed by atoms with Crippen LogP contribution in [0.4, 0.5) is 4.39 Å². The molecule has 3 rings (SSSR count). The summed E-state index contributed by atoms with van der Waals surface area (Å²) in [5.74, 6) is 0.776. The highest BCUT2D eigenvalue weighted by molar-refractivity contribution is 5.79. The Morgan fingerprint density at radius 1 is 1.19 bits per heavy atom. The molecule has 31 heavy (non-hydrogen) atoms. The van der Waals surface area contributed by atoms with Gasteiger partial charge < -0.3 is 20.3 Å². The number of hydrogen-bond acceptors (Lipinski definition) is 3. The molecule has 1 fully saturated rings. The summed E-state index contributed by atoms with van der Waals surface area (Å²) in [5, 5.41) is 6.47. The van der Waals surface area contributed by atoms with E-state index in [1.165, 1.54) is 6.07 Å². The lowest BCUT2D eigenvalue weighted by Gasteiger charge is -2.18. The third-order valence-electron chi connectivity index (χ3n) is 5.02. The summed E-state index contributed by atoms with van der Waals surface area (Å²) in [6, 6.07) is 14.6. The van der Waals surface area contributed by atoms with E-state index in [0.717, 1.165) is 30.6 Å². The summed E-state index contributed by atoms with van der Waals surface area (Å²) in [7, 11) is 0. The van der Waals surface area contributed by atoms with Crippen LogP contribution in [0.1, 0.15) is 37.8 Å². The molecular formula is C24H31FN4O2. The standard InChI is InChI=1S/C24H31FN4O2/c1-3-26-24(27-15-18(2)31-22-11-5-4-10-21(22)25)28-16-19-8-6-9-20(14-19)17-29-13-7-12-23(29)30/h4-6,8-11,14,18H,3,7,12-13,15-17H2,1-2H3,(H2,26,27,28). The number of halogens is 1. The number of likely N-dealkylation sites (tertiary alicyclic amines) is 1. The number of carbonyl (C=O) groups is 1. The molecule has 1 amide bonds. The Balaban J connectivity index is 1.54. The van der Waals surface area contributed by atoms with E-state index in [1.54, 1.807) is 18.2 Å². The Labute approximate surface area is 183 Å². The molecule has 1 saturated heterocycles. The van der Waals surface area contributed by atoms with Crippen molar-refractivity contribution >= 4 is 11.9 Å². The maximum Gasteiger partial charge on any atom is 0.222 e. The van der Waals surface area contributed by atoms with Crippen LogP contribution in [0, 0.1) is 5.82 Å². The van der Waals surface area contributed by atoms with Crippen molar-refractivity contribution in [1.29, 1.82) is 0 Å². The molecule has 0 bridgehead atoms. The van der Waals surface area contributed by atoms with Gasteiger partial charge in [-0.15, -0.1) is 0 Å². The van der Waals surface area contributed by atoms with Crippen LogP contribution < -0.4 is 15.4 Å². The van der Waals surface area contributed by atoms with E-state index in [9.17, 15) is 9.18 Å². The van der Waals surface area contributed by atoms with Gasteiger partial charge in [0.25, 0.3) is 0 Å². The lowest BCUT2D eigenvalue weighted by atomic mass is 10.1. The fraction of sp³-hybridized carbons (Fsp3) is 0.417. The largest absolute Gasteiger partial charge is 0.486 e. The molecule has 2 aromatic carbocycles. The number of ether oxygens (including phenoxy) is 1. The van der Waals surface area contributed by atoms with Gasteiger partial charge in [0.2, 0.25) is 5.91 Å². The van der Waals surface area contributed by atoms with Crippen molar-refractivity contribution in [3.63, 3.8) is 0 Å². The molecule has 0 radical (unpaired) electrons. The molecule has 2 aromatic rings. The van der Waals surface area contributed by atoms with Crippen LogP contribution in [0.25, 0.3) is 0 Å². The van der Waals surface area contributed by atoms with Crippen LogP contribution in [0.15, 0.2) is 53.5 Å². The van der Waals surface area contributed by atoms with Crippen LogP contribution in [0.2, 0.25) is 0 Å². The van der Waals surface area contributed by atoms with E-state index in [4.69, 9.17) is 4.74 Å². The fourth-order valence-electron chi connectivity index (χ4n) is 3.47. The summed E-state index contributed by atoms with van der Waals surface area (Å²) >= 11 is 0. The molecule has 6 nitrogen and oxygen atoms in total. The number of para-hydroxylation sites is 1. The lowest BCUT2D eigenvalue weighted by molar-refractivity contribution is -0.128. The average Bonchev–Trinajstić information content (AvgIpc) is 3.16. The third kappa shape index (κ3) is 6.98. The molecular weight excluding hydrogens is 395 g/mol. The first-order chi connectivity index (χ1) is 15.0. The van der Waals surface area contributed by atoms with Crippen molar-refractivity contribution in [1.82, 2.24) is 15.5 Å². The third-order valence-corrected chi connectivity index (χ3v) is 5.02. The number of nitrogens with zero attached hydrogens (tertiary/aromatic N) is 2. The van der Waals surface area contributed by atoms with Gasteiger partial charge in [0.05, 0.1) is 13.1 Å². The Morgan fingerprint density at radius 2 is 2.00 bits per heavy atom. The average molecular weight is 427 g/mol. The van der Waals surface area contributed by atoms with Gasteiger partial charge in [0.1, 0.15) is 6.10 Å². The van der Waals surface area contributed by atoms with Gasteiger partial charge in [-0.2, -0.15) is 0 Å². The highest BCUT2D eigenvalue weighted by atomic mass is 19.1. The topological polar surface area (TPSA) is 66.0 Å². The number of aliphatic imine (C=N–C) groups is 1. The van der Waals surface area contributed by atoms with E-state index in [0.29, 0.717) is 32.0 Å². The van der Waals surface area contributed by atoms with Crippen LogP contribution >= 0.6 is 0 Å². The van der Waals surface area contributed by atoms with E-state index in [-0.39, 0.29) is 23.6 Å². The van der Waals surface area contributed by atoms with Crippen LogP contribution in [-0.2, 0) is 17.9 Å². The normalized spacial score (nSPS) is 15.1. The number of guanidine groups is 1. The van der Waals surface area contributed by atoms with Crippen molar-refractivity contribution < 1.29 is 13.9 Å². The van der Waals surface area contributed by atoms with E-state index in [1.807, 2.05) is 36.9 Å². The predicted octanol–water partition coefficient (Wildman–Crippen LogP) is 3.47. The number of hydrogen-bond donors (Lipinski definition) is 2. The second kappa shape index (κ2) is 11.3.